The average molecular weight is 486 g/mol. The monoisotopic (exact) mass is 486 g/mol. The van der Waals surface area contributed by atoms with Gasteiger partial charge < -0.3 is 10.3 Å². The van der Waals surface area contributed by atoms with Gasteiger partial charge in [-0.15, -0.1) is 0 Å². The Labute approximate surface area is 203 Å². The number of hydrogen-bond donors (Lipinski definition) is 1. The fourth-order valence-corrected chi connectivity index (χ4v) is 3.89. The van der Waals surface area contributed by atoms with E-state index in [4.69, 9.17) is 5.73 Å². The summed E-state index contributed by atoms with van der Waals surface area (Å²) < 4.78 is 44.6. The lowest BCUT2D eigenvalue weighted by Gasteiger charge is -2.17. The number of alkyl halides is 3. The molecule has 5 rings (SSSR count). The van der Waals surface area contributed by atoms with Crippen molar-refractivity contribution >= 4 is 11.6 Å². The molecule has 7 nitrogen and oxygen atoms in total. The second kappa shape index (κ2) is 8.70. The summed E-state index contributed by atoms with van der Waals surface area (Å²) in [5.74, 6) is 5.22. The van der Waals surface area contributed by atoms with Crippen molar-refractivity contribution < 1.29 is 18.0 Å². The van der Waals surface area contributed by atoms with Gasteiger partial charge in [0.05, 0.1) is 18.1 Å². The van der Waals surface area contributed by atoms with Crippen molar-refractivity contribution in [3.8, 4) is 28.7 Å². The molecule has 3 heterocycles. The molecule has 0 unspecified atom stereocenters. The Kier molecular flexibility index (Phi) is 5.53. The molecule has 0 atom stereocenters. The second-order valence-corrected chi connectivity index (χ2v) is 7.97. The molecule has 36 heavy (non-hydrogen) atoms. The maximum Gasteiger partial charge on any atom is 0.416 e. The molecular formula is C26H17F3N6O. The number of nitrogens with zero attached hydrogens (tertiary/aromatic N) is 5. The topological polar surface area (TPSA) is 91.1 Å². The van der Waals surface area contributed by atoms with Gasteiger partial charge in [-0.05, 0) is 60.4 Å². The third kappa shape index (κ3) is 4.18. The number of carbonyl (C=O) groups is 1. The minimum absolute atomic E-state index is 0.0528. The van der Waals surface area contributed by atoms with E-state index in [-0.39, 0.29) is 22.4 Å². The van der Waals surface area contributed by atoms with Crippen LogP contribution in [0.1, 0.15) is 32.7 Å². The molecule has 0 aliphatic carbocycles. The van der Waals surface area contributed by atoms with Crippen molar-refractivity contribution in [2.45, 2.75) is 13.1 Å². The van der Waals surface area contributed by atoms with Gasteiger partial charge >= 0.3 is 6.18 Å². The Bertz CT molecular complexity index is 1670. The molecule has 2 aromatic carbocycles. The SMILES string of the molecule is Cc1ccc(C(N)=O)c(-c2cc(-n3ccnc3)cc(C(F)(F)F)c2)c1C#Cc1cnc2cccnn12. The lowest BCUT2D eigenvalue weighted by atomic mass is 9.89. The van der Waals surface area contributed by atoms with Crippen molar-refractivity contribution in [3.05, 3.63) is 102 Å². The van der Waals surface area contributed by atoms with Gasteiger partial charge in [0.25, 0.3) is 0 Å². The predicted molar refractivity (Wildman–Crippen MR) is 126 cm³/mol. The first-order chi connectivity index (χ1) is 17.2. The molecule has 1 amide bonds. The second-order valence-electron chi connectivity index (χ2n) is 7.97. The van der Waals surface area contributed by atoms with Crippen LogP contribution in [0, 0.1) is 18.8 Å². The molecular weight excluding hydrogens is 469 g/mol. The van der Waals surface area contributed by atoms with E-state index in [1.807, 2.05) is 0 Å². The zero-order valence-corrected chi connectivity index (χ0v) is 18.8. The molecule has 0 saturated heterocycles. The summed E-state index contributed by atoms with van der Waals surface area (Å²) in [7, 11) is 0. The standard InChI is InChI=1S/C26H17F3N6O/c1-16-4-6-22(25(30)36)24(21(16)7-5-19-14-32-23-3-2-8-33-35(19)23)17-11-18(26(27,28)29)13-20(12-17)34-10-9-31-15-34/h2-4,6,8-15H,1H3,(H2,30,36). The lowest BCUT2D eigenvalue weighted by molar-refractivity contribution is -0.137. The fraction of sp³-hybridized carbons (Fsp3) is 0.0769. The summed E-state index contributed by atoms with van der Waals surface area (Å²) in [4.78, 5) is 20.5. The van der Waals surface area contributed by atoms with Crippen LogP contribution in [0.4, 0.5) is 13.2 Å². The van der Waals surface area contributed by atoms with E-state index in [1.54, 1.807) is 48.1 Å². The van der Waals surface area contributed by atoms with Gasteiger partial charge in [0.15, 0.2) is 5.65 Å². The number of carbonyl (C=O) groups excluding carboxylic acids is 1. The first-order valence-electron chi connectivity index (χ1n) is 10.7. The van der Waals surface area contributed by atoms with Crippen LogP contribution in [-0.2, 0) is 6.18 Å². The number of fused-ring (bicyclic) bond motifs is 1. The van der Waals surface area contributed by atoms with Crippen molar-refractivity contribution in [3.63, 3.8) is 0 Å². The zero-order valence-electron chi connectivity index (χ0n) is 18.8. The van der Waals surface area contributed by atoms with Crippen molar-refractivity contribution in [1.29, 1.82) is 0 Å². The smallest absolute Gasteiger partial charge is 0.366 e. The highest BCUT2D eigenvalue weighted by molar-refractivity contribution is 6.02. The van der Waals surface area contributed by atoms with Gasteiger partial charge in [0.1, 0.15) is 5.69 Å². The summed E-state index contributed by atoms with van der Waals surface area (Å²) in [5, 5.41) is 4.22. The van der Waals surface area contributed by atoms with E-state index in [9.17, 15) is 18.0 Å². The first kappa shape index (κ1) is 22.9. The number of primary amides is 1. The van der Waals surface area contributed by atoms with Gasteiger partial charge in [-0.2, -0.15) is 18.3 Å². The van der Waals surface area contributed by atoms with Crippen LogP contribution in [0.2, 0.25) is 0 Å². The molecule has 10 heteroatoms. The van der Waals surface area contributed by atoms with Crippen LogP contribution in [0.3, 0.4) is 0 Å². The Morgan fingerprint density at radius 1 is 1.08 bits per heavy atom. The Morgan fingerprint density at radius 2 is 1.92 bits per heavy atom. The Hall–Kier alpha value is -4.91. The molecule has 0 aliphatic heterocycles. The lowest BCUT2D eigenvalue weighted by Crippen LogP contribution is -2.14. The first-order valence-corrected chi connectivity index (χ1v) is 10.7. The molecule has 0 saturated carbocycles. The predicted octanol–water partition coefficient (Wildman–Crippen LogP) is 4.41. The van der Waals surface area contributed by atoms with Crippen LogP contribution < -0.4 is 5.73 Å². The quantitative estimate of drug-likeness (QED) is 0.383. The van der Waals surface area contributed by atoms with Crippen LogP contribution in [0.15, 0.2) is 73.6 Å². The molecule has 0 radical (unpaired) electrons. The largest absolute Gasteiger partial charge is 0.416 e. The summed E-state index contributed by atoms with van der Waals surface area (Å²) in [6, 6.07) is 10.2. The average Bonchev–Trinajstić information content (AvgIpc) is 3.53. The van der Waals surface area contributed by atoms with Crippen LogP contribution in [0.25, 0.3) is 22.5 Å². The zero-order chi connectivity index (χ0) is 25.4. The maximum atomic E-state index is 13.9. The molecule has 178 valence electrons. The molecule has 0 bridgehead atoms. The number of benzene rings is 2. The number of rotatable bonds is 3. The van der Waals surface area contributed by atoms with Crippen LogP contribution in [-0.4, -0.2) is 30.1 Å². The van der Waals surface area contributed by atoms with E-state index in [1.165, 1.54) is 29.4 Å². The maximum absolute atomic E-state index is 13.9. The number of hydrogen-bond acceptors (Lipinski definition) is 4. The summed E-state index contributed by atoms with van der Waals surface area (Å²) in [5.41, 5.74) is 7.48. The highest BCUT2D eigenvalue weighted by Gasteiger charge is 2.32. The number of imidazole rings is 2. The van der Waals surface area contributed by atoms with E-state index in [0.717, 1.165) is 12.1 Å². The van der Waals surface area contributed by atoms with Crippen LogP contribution >= 0.6 is 0 Å². The molecule has 2 N–H and O–H groups in total. The van der Waals surface area contributed by atoms with E-state index < -0.39 is 17.6 Å². The fourth-order valence-electron chi connectivity index (χ4n) is 3.89. The summed E-state index contributed by atoms with van der Waals surface area (Å²) in [6.45, 7) is 1.76. The normalized spacial score (nSPS) is 11.3. The molecule has 5 aromatic rings. The Morgan fingerprint density at radius 3 is 2.64 bits per heavy atom. The van der Waals surface area contributed by atoms with Crippen LogP contribution in [0.5, 0.6) is 0 Å². The third-order valence-corrected chi connectivity index (χ3v) is 5.61. The van der Waals surface area contributed by atoms with E-state index >= 15 is 0 Å². The third-order valence-electron chi connectivity index (χ3n) is 5.61. The van der Waals surface area contributed by atoms with Gasteiger partial charge in [-0.1, -0.05) is 12.0 Å². The highest BCUT2D eigenvalue weighted by Crippen LogP contribution is 2.37. The minimum atomic E-state index is -4.63. The van der Waals surface area contributed by atoms with Gasteiger partial charge in [0.2, 0.25) is 5.91 Å². The molecule has 3 aromatic heterocycles. The number of aromatic nitrogens is 5. The molecule has 0 aliphatic rings. The number of amides is 1. The number of aryl methyl sites for hydroxylation is 1. The van der Waals surface area contributed by atoms with Gasteiger partial charge in [-0.3, -0.25) is 4.79 Å². The summed E-state index contributed by atoms with van der Waals surface area (Å²) in [6.07, 6.45) is 2.89. The molecule has 0 fully saturated rings. The van der Waals surface area contributed by atoms with Gasteiger partial charge in [-0.25, -0.2) is 14.5 Å². The minimum Gasteiger partial charge on any atom is -0.366 e. The molecule has 0 spiro atoms. The van der Waals surface area contributed by atoms with Crippen molar-refractivity contribution in [1.82, 2.24) is 24.1 Å². The highest BCUT2D eigenvalue weighted by atomic mass is 19.4. The van der Waals surface area contributed by atoms with E-state index in [0.29, 0.717) is 22.5 Å². The number of nitrogens with two attached hydrogens (primary N) is 1. The van der Waals surface area contributed by atoms with Gasteiger partial charge in [0, 0.05) is 41.0 Å². The van der Waals surface area contributed by atoms with Crippen molar-refractivity contribution in [2.24, 2.45) is 5.73 Å². The summed E-state index contributed by atoms with van der Waals surface area (Å²) >= 11 is 0. The van der Waals surface area contributed by atoms with E-state index in [2.05, 4.69) is 26.9 Å². The van der Waals surface area contributed by atoms with Crippen molar-refractivity contribution in [2.75, 3.05) is 0 Å². The number of halogens is 3. The Balaban J connectivity index is 1.78.